The minimum absolute atomic E-state index is 0.156. The molecule has 0 amide bonds. The monoisotopic (exact) mass is 390 g/mol. The van der Waals surface area contributed by atoms with Crippen LogP contribution in [-0.4, -0.2) is 21.9 Å². The van der Waals surface area contributed by atoms with Crippen LogP contribution in [0.15, 0.2) is 23.3 Å². The first-order valence-corrected chi connectivity index (χ1v) is 11.8. The van der Waals surface area contributed by atoms with Crippen molar-refractivity contribution in [3.63, 3.8) is 0 Å². The van der Waals surface area contributed by atoms with Crippen LogP contribution in [0.4, 0.5) is 0 Å². The van der Waals surface area contributed by atoms with E-state index in [1.54, 1.807) is 5.57 Å². The van der Waals surface area contributed by atoms with Crippen LogP contribution in [0.5, 0.6) is 0 Å². The van der Waals surface area contributed by atoms with Gasteiger partial charge in [0.2, 0.25) is 0 Å². The molecule has 2 aliphatic rings. The molecule has 0 aromatic rings. The van der Waals surface area contributed by atoms with E-state index < -0.39 is 5.60 Å². The number of allylic oxidation sites excluding steroid dienone is 3. The standard InChI is InChI=1S/C26H46O2/c1-19-12-13-22(18-24(19)27)14-15-23-11-9-17-26(6,21(23)3)20(2)10-7-8-16-25(4,5)28/h14-15,19-21,24,27-28H,7-13,16-18H2,1-6H3/b22-14-,23-15+/t19-,20?,21?,24?,26?/m0/s1. The van der Waals surface area contributed by atoms with Gasteiger partial charge >= 0.3 is 0 Å². The van der Waals surface area contributed by atoms with Gasteiger partial charge in [0, 0.05) is 0 Å². The maximum absolute atomic E-state index is 10.2. The Morgan fingerprint density at radius 1 is 1.18 bits per heavy atom. The second-order valence-electron chi connectivity index (χ2n) is 10.9. The first-order valence-electron chi connectivity index (χ1n) is 11.8. The fraction of sp³-hybridized carbons (Fsp3) is 0.846. The van der Waals surface area contributed by atoms with E-state index in [9.17, 15) is 10.2 Å². The largest absolute Gasteiger partial charge is 0.393 e. The highest BCUT2D eigenvalue weighted by molar-refractivity contribution is 5.24. The minimum atomic E-state index is -0.529. The van der Waals surface area contributed by atoms with Crippen molar-refractivity contribution >= 4 is 0 Å². The molecular weight excluding hydrogens is 344 g/mol. The molecule has 162 valence electrons. The first kappa shape index (κ1) is 23.7. The molecule has 2 saturated carbocycles. The van der Waals surface area contributed by atoms with E-state index in [2.05, 4.69) is 39.8 Å². The van der Waals surface area contributed by atoms with Crippen LogP contribution in [-0.2, 0) is 0 Å². The van der Waals surface area contributed by atoms with Crippen LogP contribution in [0.2, 0.25) is 0 Å². The molecule has 0 bridgehead atoms. The molecule has 28 heavy (non-hydrogen) atoms. The van der Waals surface area contributed by atoms with Crippen molar-refractivity contribution in [1.82, 2.24) is 0 Å². The summed E-state index contributed by atoms with van der Waals surface area (Å²) in [4.78, 5) is 0. The maximum atomic E-state index is 10.2. The van der Waals surface area contributed by atoms with Crippen molar-refractivity contribution in [3.8, 4) is 0 Å². The summed E-state index contributed by atoms with van der Waals surface area (Å²) in [5.41, 5.74) is 2.88. The summed E-state index contributed by atoms with van der Waals surface area (Å²) in [6.45, 7) is 13.4. The van der Waals surface area contributed by atoms with E-state index in [0.29, 0.717) is 23.2 Å². The van der Waals surface area contributed by atoms with Gasteiger partial charge in [-0.3, -0.25) is 0 Å². The molecule has 2 aliphatic carbocycles. The average molecular weight is 391 g/mol. The SMILES string of the molecule is CC(CCCCC(C)(C)O)C1(C)CCC/C(=C\C=C2\CC[C@H](C)C(O)C2)C1C. The quantitative estimate of drug-likeness (QED) is 0.468. The molecule has 5 atom stereocenters. The molecular formula is C26H46O2. The van der Waals surface area contributed by atoms with Gasteiger partial charge in [-0.1, -0.05) is 70.3 Å². The summed E-state index contributed by atoms with van der Waals surface area (Å²) in [5.74, 6) is 1.77. The summed E-state index contributed by atoms with van der Waals surface area (Å²) in [6, 6.07) is 0. The van der Waals surface area contributed by atoms with Gasteiger partial charge in [-0.2, -0.15) is 0 Å². The Balaban J connectivity index is 1.96. The summed E-state index contributed by atoms with van der Waals surface area (Å²) >= 11 is 0. The second kappa shape index (κ2) is 9.94. The number of aliphatic hydroxyl groups is 2. The van der Waals surface area contributed by atoms with Crippen LogP contribution in [0.3, 0.4) is 0 Å². The van der Waals surface area contributed by atoms with Crippen molar-refractivity contribution in [1.29, 1.82) is 0 Å². The highest BCUT2D eigenvalue weighted by Gasteiger charge is 2.40. The predicted molar refractivity (Wildman–Crippen MR) is 120 cm³/mol. The molecule has 2 N–H and O–H groups in total. The normalized spacial score (nSPS) is 36.1. The van der Waals surface area contributed by atoms with Crippen molar-refractivity contribution in [2.75, 3.05) is 0 Å². The van der Waals surface area contributed by atoms with E-state index in [-0.39, 0.29) is 6.10 Å². The van der Waals surface area contributed by atoms with Crippen LogP contribution in [0.25, 0.3) is 0 Å². The Morgan fingerprint density at radius 2 is 1.89 bits per heavy atom. The Kier molecular flexibility index (Phi) is 8.40. The van der Waals surface area contributed by atoms with Crippen LogP contribution >= 0.6 is 0 Å². The Hall–Kier alpha value is -0.600. The molecule has 4 unspecified atom stereocenters. The van der Waals surface area contributed by atoms with E-state index in [1.807, 2.05) is 13.8 Å². The van der Waals surface area contributed by atoms with E-state index in [0.717, 1.165) is 32.1 Å². The lowest BCUT2D eigenvalue weighted by Crippen LogP contribution is -2.36. The third-order valence-electron chi connectivity index (χ3n) is 8.11. The topological polar surface area (TPSA) is 40.5 Å². The predicted octanol–water partition coefficient (Wildman–Crippen LogP) is 6.81. The fourth-order valence-corrected chi connectivity index (χ4v) is 5.32. The van der Waals surface area contributed by atoms with Crippen LogP contribution < -0.4 is 0 Å². The smallest absolute Gasteiger partial charge is 0.0603 e. The van der Waals surface area contributed by atoms with Gasteiger partial charge in [-0.25, -0.2) is 0 Å². The lowest BCUT2D eigenvalue weighted by molar-refractivity contribution is 0.0631. The first-order chi connectivity index (χ1) is 13.0. The lowest BCUT2D eigenvalue weighted by atomic mass is 9.59. The highest BCUT2D eigenvalue weighted by Crippen LogP contribution is 2.50. The number of aliphatic hydroxyl groups excluding tert-OH is 1. The minimum Gasteiger partial charge on any atom is -0.393 e. The van der Waals surface area contributed by atoms with Gasteiger partial charge in [-0.15, -0.1) is 0 Å². The van der Waals surface area contributed by atoms with Gasteiger partial charge in [0.15, 0.2) is 0 Å². The average Bonchev–Trinajstić information content (AvgIpc) is 2.62. The molecule has 0 aliphatic heterocycles. The molecule has 2 fully saturated rings. The van der Waals surface area contributed by atoms with E-state index in [4.69, 9.17) is 0 Å². The zero-order valence-corrected chi connectivity index (χ0v) is 19.4. The molecule has 0 saturated heterocycles. The Labute approximate surface area is 174 Å². The number of hydrogen-bond acceptors (Lipinski definition) is 2. The van der Waals surface area contributed by atoms with Gasteiger partial charge in [0.05, 0.1) is 11.7 Å². The zero-order valence-electron chi connectivity index (χ0n) is 19.4. The molecule has 0 aromatic carbocycles. The lowest BCUT2D eigenvalue weighted by Gasteiger charge is -2.46. The number of hydrogen-bond donors (Lipinski definition) is 2. The summed E-state index contributed by atoms with van der Waals surface area (Å²) < 4.78 is 0. The van der Waals surface area contributed by atoms with Crippen molar-refractivity contribution in [2.45, 2.75) is 117 Å². The summed E-state index contributed by atoms with van der Waals surface area (Å²) in [6.07, 6.45) is 16.0. The Morgan fingerprint density at radius 3 is 2.54 bits per heavy atom. The van der Waals surface area contributed by atoms with Gasteiger partial charge < -0.3 is 10.2 Å². The number of rotatable bonds is 7. The molecule has 2 nitrogen and oxygen atoms in total. The summed E-state index contributed by atoms with van der Waals surface area (Å²) in [7, 11) is 0. The van der Waals surface area contributed by atoms with Gasteiger partial charge in [0.1, 0.15) is 0 Å². The van der Waals surface area contributed by atoms with Crippen molar-refractivity contribution < 1.29 is 10.2 Å². The fourth-order valence-electron chi connectivity index (χ4n) is 5.32. The second-order valence-corrected chi connectivity index (χ2v) is 10.9. The Bertz CT molecular complexity index is 553. The maximum Gasteiger partial charge on any atom is 0.0603 e. The van der Waals surface area contributed by atoms with Crippen molar-refractivity contribution in [3.05, 3.63) is 23.3 Å². The van der Waals surface area contributed by atoms with Crippen molar-refractivity contribution in [2.24, 2.45) is 23.2 Å². The van der Waals surface area contributed by atoms with Crippen LogP contribution in [0.1, 0.15) is 106 Å². The van der Waals surface area contributed by atoms with E-state index >= 15 is 0 Å². The molecule has 0 aromatic heterocycles. The highest BCUT2D eigenvalue weighted by atomic mass is 16.3. The molecule has 2 rings (SSSR count). The van der Waals surface area contributed by atoms with E-state index in [1.165, 1.54) is 37.7 Å². The zero-order chi connectivity index (χ0) is 20.9. The number of unbranched alkanes of at least 4 members (excludes halogenated alkanes) is 1. The third kappa shape index (κ3) is 6.46. The molecule has 2 heteroatoms. The summed E-state index contributed by atoms with van der Waals surface area (Å²) in [5, 5.41) is 20.1. The molecule has 0 spiro atoms. The van der Waals surface area contributed by atoms with Gasteiger partial charge in [-0.05, 0) is 82.0 Å². The third-order valence-corrected chi connectivity index (χ3v) is 8.11. The van der Waals surface area contributed by atoms with Gasteiger partial charge in [0.25, 0.3) is 0 Å². The van der Waals surface area contributed by atoms with Crippen LogP contribution in [0, 0.1) is 23.2 Å². The molecule has 0 radical (unpaired) electrons. The molecule has 0 heterocycles.